The van der Waals surface area contributed by atoms with Gasteiger partial charge >= 0.3 is 0 Å². The highest BCUT2D eigenvalue weighted by Gasteiger charge is 2.25. The first-order valence-corrected chi connectivity index (χ1v) is 7.83. The molecule has 0 fully saturated rings. The molecule has 0 unspecified atom stereocenters. The van der Waals surface area contributed by atoms with Gasteiger partial charge in [-0.1, -0.05) is 65.0 Å². The third-order valence-electron chi connectivity index (χ3n) is 4.04. The average Bonchev–Trinajstić information content (AvgIpc) is 2.45. The Morgan fingerprint density at radius 3 is 2.05 bits per heavy atom. The lowest BCUT2D eigenvalue weighted by atomic mass is 9.77. The lowest BCUT2D eigenvalue weighted by Crippen LogP contribution is -2.16. The minimum Gasteiger partial charge on any atom is -0.508 e. The number of benzene rings is 2. The molecule has 0 saturated heterocycles. The summed E-state index contributed by atoms with van der Waals surface area (Å²) in [5.41, 5.74) is 6.08. The number of phenols is 1. The molecular formula is C20H26O. The van der Waals surface area contributed by atoms with Gasteiger partial charge in [0, 0.05) is 5.56 Å². The molecule has 0 amide bonds. The summed E-state index contributed by atoms with van der Waals surface area (Å²) in [6, 6.07) is 12.5. The van der Waals surface area contributed by atoms with Gasteiger partial charge in [-0.05, 0) is 46.6 Å². The van der Waals surface area contributed by atoms with Crippen LogP contribution in [0.3, 0.4) is 0 Å². The van der Waals surface area contributed by atoms with Gasteiger partial charge in [0.25, 0.3) is 0 Å². The van der Waals surface area contributed by atoms with Gasteiger partial charge in [0.15, 0.2) is 0 Å². The summed E-state index contributed by atoms with van der Waals surface area (Å²) in [4.78, 5) is 0. The molecule has 1 heteroatoms. The van der Waals surface area contributed by atoms with Crippen molar-refractivity contribution >= 4 is 0 Å². The second-order valence-electron chi connectivity index (χ2n) is 6.61. The summed E-state index contributed by atoms with van der Waals surface area (Å²) in [7, 11) is 0. The number of aryl methyl sites for hydroxylation is 1. The predicted molar refractivity (Wildman–Crippen MR) is 91.0 cm³/mol. The molecule has 0 atom stereocenters. The summed E-state index contributed by atoms with van der Waals surface area (Å²) in [6.07, 6.45) is 1.85. The van der Waals surface area contributed by atoms with E-state index in [4.69, 9.17) is 0 Å². The van der Waals surface area contributed by atoms with E-state index in [1.54, 1.807) is 0 Å². The first-order valence-electron chi connectivity index (χ1n) is 7.83. The molecule has 0 aliphatic heterocycles. The van der Waals surface area contributed by atoms with Crippen molar-refractivity contribution in [3.8, 4) is 16.9 Å². The first-order chi connectivity index (χ1) is 9.90. The van der Waals surface area contributed by atoms with Crippen LogP contribution in [0.1, 0.15) is 51.3 Å². The highest BCUT2D eigenvalue weighted by molar-refractivity contribution is 5.75. The van der Waals surface area contributed by atoms with E-state index in [1.165, 1.54) is 22.3 Å². The molecule has 2 aromatic rings. The highest BCUT2D eigenvalue weighted by atomic mass is 16.3. The Labute approximate surface area is 128 Å². The second-order valence-corrected chi connectivity index (χ2v) is 6.61. The Balaban J connectivity index is 2.85. The molecule has 0 saturated carbocycles. The number of rotatable bonds is 3. The molecule has 0 aliphatic carbocycles. The van der Waals surface area contributed by atoms with Crippen molar-refractivity contribution in [3.05, 3.63) is 53.1 Å². The van der Waals surface area contributed by atoms with E-state index in [1.807, 2.05) is 12.1 Å². The Kier molecular flexibility index (Phi) is 4.41. The molecule has 0 spiro atoms. The summed E-state index contributed by atoms with van der Waals surface area (Å²) in [5, 5.41) is 10.5. The van der Waals surface area contributed by atoms with Crippen molar-refractivity contribution in [1.82, 2.24) is 0 Å². The molecule has 1 nitrogen and oxygen atoms in total. The van der Waals surface area contributed by atoms with Gasteiger partial charge in [0.1, 0.15) is 5.75 Å². The van der Waals surface area contributed by atoms with Gasteiger partial charge in [-0.15, -0.1) is 0 Å². The van der Waals surface area contributed by atoms with E-state index in [0.29, 0.717) is 5.75 Å². The van der Waals surface area contributed by atoms with Crippen molar-refractivity contribution in [3.63, 3.8) is 0 Å². The van der Waals surface area contributed by atoms with Crippen LogP contribution in [0, 0.1) is 0 Å². The number of hydrogen-bond acceptors (Lipinski definition) is 1. The van der Waals surface area contributed by atoms with E-state index in [0.717, 1.165) is 18.4 Å². The van der Waals surface area contributed by atoms with E-state index < -0.39 is 0 Å². The molecular weight excluding hydrogens is 256 g/mol. The molecule has 0 bridgehead atoms. The molecule has 0 aromatic heterocycles. The monoisotopic (exact) mass is 282 g/mol. The van der Waals surface area contributed by atoms with Crippen molar-refractivity contribution in [2.24, 2.45) is 0 Å². The zero-order valence-electron chi connectivity index (χ0n) is 13.8. The van der Waals surface area contributed by atoms with Crippen LogP contribution in [0.15, 0.2) is 36.4 Å². The maximum Gasteiger partial charge on any atom is 0.119 e. The second kappa shape index (κ2) is 5.93. The van der Waals surface area contributed by atoms with Crippen LogP contribution in [0.4, 0.5) is 0 Å². The van der Waals surface area contributed by atoms with Gasteiger partial charge in [0.05, 0.1) is 0 Å². The average molecular weight is 282 g/mol. The van der Waals surface area contributed by atoms with Crippen molar-refractivity contribution < 1.29 is 5.11 Å². The maximum atomic E-state index is 10.5. The molecule has 2 aromatic carbocycles. The topological polar surface area (TPSA) is 20.2 Å². The third-order valence-corrected chi connectivity index (χ3v) is 4.04. The van der Waals surface area contributed by atoms with Crippen molar-refractivity contribution in [2.45, 2.75) is 52.9 Å². The normalized spacial score (nSPS) is 11.7. The molecule has 112 valence electrons. The summed E-state index contributed by atoms with van der Waals surface area (Å²) < 4.78 is 0. The van der Waals surface area contributed by atoms with Gasteiger partial charge in [-0.2, -0.15) is 0 Å². The molecule has 0 radical (unpaired) electrons. The van der Waals surface area contributed by atoms with Gasteiger partial charge in [-0.3, -0.25) is 0 Å². The standard InChI is InChI=1S/C20H26O/c1-6-14-13-17(21)19(20(3,4)5)16(7-2)18(14)15-11-9-8-10-12-15/h8-13,21H,6-7H2,1-5H3. The van der Waals surface area contributed by atoms with Crippen LogP contribution in [0.5, 0.6) is 5.75 Å². The zero-order chi connectivity index (χ0) is 15.6. The third kappa shape index (κ3) is 2.97. The minimum absolute atomic E-state index is 0.0643. The van der Waals surface area contributed by atoms with E-state index >= 15 is 0 Å². The largest absolute Gasteiger partial charge is 0.508 e. The fraction of sp³-hybridized carbons (Fsp3) is 0.400. The summed E-state index contributed by atoms with van der Waals surface area (Å²) >= 11 is 0. The molecule has 21 heavy (non-hydrogen) atoms. The lowest BCUT2D eigenvalue weighted by molar-refractivity contribution is 0.444. The minimum atomic E-state index is -0.0643. The van der Waals surface area contributed by atoms with Crippen LogP contribution in [0.2, 0.25) is 0 Å². The molecule has 0 heterocycles. The fourth-order valence-electron chi connectivity index (χ4n) is 3.22. The Hall–Kier alpha value is -1.76. The Morgan fingerprint density at radius 1 is 0.952 bits per heavy atom. The van der Waals surface area contributed by atoms with Crippen LogP contribution in [-0.2, 0) is 18.3 Å². The van der Waals surface area contributed by atoms with Crippen molar-refractivity contribution in [1.29, 1.82) is 0 Å². The number of phenolic OH excluding ortho intramolecular Hbond substituents is 1. The van der Waals surface area contributed by atoms with Crippen LogP contribution >= 0.6 is 0 Å². The quantitative estimate of drug-likeness (QED) is 0.790. The van der Waals surface area contributed by atoms with Gasteiger partial charge < -0.3 is 5.11 Å². The van der Waals surface area contributed by atoms with E-state index in [9.17, 15) is 5.11 Å². The SMILES string of the molecule is CCc1cc(O)c(C(C)(C)C)c(CC)c1-c1ccccc1. The highest BCUT2D eigenvalue weighted by Crippen LogP contribution is 2.41. The lowest BCUT2D eigenvalue weighted by Gasteiger charge is -2.27. The van der Waals surface area contributed by atoms with Crippen molar-refractivity contribution in [2.75, 3.05) is 0 Å². The van der Waals surface area contributed by atoms with E-state index in [-0.39, 0.29) is 5.41 Å². The molecule has 0 aliphatic rings. The number of aromatic hydroxyl groups is 1. The fourth-order valence-corrected chi connectivity index (χ4v) is 3.22. The molecule has 1 N–H and O–H groups in total. The first kappa shape index (κ1) is 15.6. The molecule has 2 rings (SSSR count). The zero-order valence-corrected chi connectivity index (χ0v) is 13.8. The Morgan fingerprint density at radius 2 is 1.57 bits per heavy atom. The van der Waals surface area contributed by atoms with Crippen LogP contribution in [0.25, 0.3) is 11.1 Å². The smallest absolute Gasteiger partial charge is 0.119 e. The van der Waals surface area contributed by atoms with Gasteiger partial charge in [-0.25, -0.2) is 0 Å². The number of hydrogen-bond donors (Lipinski definition) is 1. The van der Waals surface area contributed by atoms with Gasteiger partial charge in [0.2, 0.25) is 0 Å². The van der Waals surface area contributed by atoms with Crippen LogP contribution in [-0.4, -0.2) is 5.11 Å². The van der Waals surface area contributed by atoms with Crippen LogP contribution < -0.4 is 0 Å². The summed E-state index contributed by atoms with van der Waals surface area (Å²) in [6.45, 7) is 10.8. The van der Waals surface area contributed by atoms with E-state index in [2.05, 4.69) is 58.9 Å². The Bertz CT molecular complexity index is 619. The predicted octanol–water partition coefficient (Wildman–Crippen LogP) is 5.48. The maximum absolute atomic E-state index is 10.5. The summed E-state index contributed by atoms with van der Waals surface area (Å²) in [5.74, 6) is 0.441.